The Morgan fingerprint density at radius 1 is 1.50 bits per heavy atom. The van der Waals surface area contributed by atoms with E-state index >= 15 is 0 Å². The van der Waals surface area contributed by atoms with E-state index < -0.39 is 0 Å². The van der Waals surface area contributed by atoms with E-state index in [9.17, 15) is 9.90 Å². The minimum Gasteiger partial charge on any atom is -0.507 e. The van der Waals surface area contributed by atoms with Crippen LogP contribution in [0.15, 0.2) is 22.7 Å². The van der Waals surface area contributed by atoms with Crippen LogP contribution < -0.4 is 5.32 Å². The molecule has 0 fully saturated rings. The summed E-state index contributed by atoms with van der Waals surface area (Å²) in [6.07, 6.45) is 0. The molecule has 1 aromatic carbocycles. The highest BCUT2D eigenvalue weighted by Gasteiger charge is 2.06. The number of phenols is 1. The molecule has 0 spiro atoms. The third-order valence-corrected chi connectivity index (χ3v) is 2.66. The molecule has 0 aliphatic rings. The van der Waals surface area contributed by atoms with E-state index in [1.807, 2.05) is 0 Å². The molecule has 0 bridgehead atoms. The molecule has 1 rings (SSSR count). The van der Waals surface area contributed by atoms with Gasteiger partial charge in [0.2, 0.25) is 0 Å². The normalized spacial score (nSPS) is 9.86. The first-order valence-electron chi connectivity index (χ1n) is 3.98. The predicted octanol–water partition coefficient (Wildman–Crippen LogP) is 2.28. The monoisotopic (exact) mass is 321 g/mol. The molecule has 3 nitrogen and oxygen atoms in total. The molecule has 0 radical (unpaired) electrons. The van der Waals surface area contributed by atoms with Crippen molar-refractivity contribution in [2.75, 3.05) is 11.9 Å². The average molecular weight is 323 g/mol. The minimum absolute atomic E-state index is 0.0662. The highest BCUT2D eigenvalue weighted by atomic mass is 79.9. The summed E-state index contributed by atoms with van der Waals surface area (Å²) in [7, 11) is 0. The van der Waals surface area contributed by atoms with Crippen molar-refractivity contribution in [1.29, 1.82) is 0 Å². The molecule has 0 aliphatic carbocycles. The van der Waals surface area contributed by atoms with E-state index in [-0.39, 0.29) is 11.7 Å². The Morgan fingerprint density at radius 3 is 2.79 bits per heavy atom. The fourth-order valence-corrected chi connectivity index (χ4v) is 1.36. The van der Waals surface area contributed by atoms with Crippen molar-refractivity contribution >= 4 is 37.8 Å². The summed E-state index contributed by atoms with van der Waals surface area (Å²) in [5.41, 5.74) is 0.451. The lowest BCUT2D eigenvalue weighted by Gasteiger charge is -2.04. The van der Waals surface area contributed by atoms with Crippen LogP contribution in [0.2, 0.25) is 0 Å². The zero-order valence-corrected chi connectivity index (χ0v) is 10.4. The van der Waals surface area contributed by atoms with Crippen molar-refractivity contribution in [3.63, 3.8) is 0 Å². The first kappa shape index (κ1) is 11.5. The van der Waals surface area contributed by atoms with Crippen molar-refractivity contribution < 1.29 is 9.90 Å². The number of carbonyl (C=O) groups excluding carboxylic acids is 1. The van der Waals surface area contributed by atoms with Gasteiger partial charge in [-0.1, -0.05) is 15.9 Å². The minimum atomic E-state index is -0.188. The van der Waals surface area contributed by atoms with Crippen LogP contribution >= 0.6 is 31.9 Å². The van der Waals surface area contributed by atoms with Crippen LogP contribution in [0, 0.1) is 0 Å². The Balaban J connectivity index is 2.76. The van der Waals surface area contributed by atoms with Gasteiger partial charge >= 0.3 is 0 Å². The Morgan fingerprint density at radius 2 is 2.21 bits per heavy atom. The maximum atomic E-state index is 11.4. The SMILES string of the molecule is O=C(NCCBr)c1ccc(Br)c(O)c1. The molecule has 0 aromatic heterocycles. The van der Waals surface area contributed by atoms with E-state index in [4.69, 9.17) is 0 Å². The predicted molar refractivity (Wildman–Crippen MR) is 61.9 cm³/mol. The summed E-state index contributed by atoms with van der Waals surface area (Å²) in [6, 6.07) is 4.71. The summed E-state index contributed by atoms with van der Waals surface area (Å²) in [5.74, 6) is -0.122. The van der Waals surface area contributed by atoms with Crippen molar-refractivity contribution in [1.82, 2.24) is 5.32 Å². The van der Waals surface area contributed by atoms with E-state index in [0.29, 0.717) is 21.9 Å². The number of aromatic hydroxyl groups is 1. The molecule has 0 unspecified atom stereocenters. The van der Waals surface area contributed by atoms with Gasteiger partial charge in [0, 0.05) is 17.4 Å². The van der Waals surface area contributed by atoms with Crippen molar-refractivity contribution in [3.05, 3.63) is 28.2 Å². The lowest BCUT2D eigenvalue weighted by molar-refractivity contribution is 0.0956. The van der Waals surface area contributed by atoms with Gasteiger partial charge in [-0.2, -0.15) is 0 Å². The smallest absolute Gasteiger partial charge is 0.251 e. The maximum Gasteiger partial charge on any atom is 0.251 e. The Hall–Kier alpha value is -0.550. The van der Waals surface area contributed by atoms with E-state index in [1.165, 1.54) is 6.07 Å². The van der Waals surface area contributed by atoms with Crippen molar-refractivity contribution in [3.8, 4) is 5.75 Å². The number of nitrogens with one attached hydrogen (secondary N) is 1. The topological polar surface area (TPSA) is 49.3 Å². The molecule has 0 saturated heterocycles. The Labute approximate surface area is 98.8 Å². The van der Waals surface area contributed by atoms with Crippen molar-refractivity contribution in [2.24, 2.45) is 0 Å². The highest BCUT2D eigenvalue weighted by Crippen LogP contribution is 2.24. The van der Waals surface area contributed by atoms with Gasteiger partial charge in [-0.15, -0.1) is 0 Å². The summed E-state index contributed by atoms with van der Waals surface area (Å²) < 4.78 is 0.578. The van der Waals surface area contributed by atoms with Gasteiger partial charge in [-0.05, 0) is 34.1 Å². The van der Waals surface area contributed by atoms with Crippen LogP contribution in [0.1, 0.15) is 10.4 Å². The number of amides is 1. The van der Waals surface area contributed by atoms with Gasteiger partial charge in [0.15, 0.2) is 0 Å². The number of rotatable bonds is 3. The average Bonchev–Trinajstić information content (AvgIpc) is 2.18. The first-order chi connectivity index (χ1) is 6.65. The van der Waals surface area contributed by atoms with E-state index in [0.717, 1.165) is 0 Å². The molecule has 2 N–H and O–H groups in total. The molecule has 0 atom stereocenters. The summed E-state index contributed by atoms with van der Waals surface area (Å²) in [5, 5.41) is 12.7. The third-order valence-electron chi connectivity index (χ3n) is 1.59. The molecule has 5 heteroatoms. The second-order valence-corrected chi connectivity index (χ2v) is 4.26. The van der Waals surface area contributed by atoms with Gasteiger partial charge in [-0.3, -0.25) is 4.79 Å². The summed E-state index contributed by atoms with van der Waals surface area (Å²) >= 11 is 6.35. The maximum absolute atomic E-state index is 11.4. The van der Waals surface area contributed by atoms with Gasteiger partial charge in [0.25, 0.3) is 5.91 Å². The molecule has 0 saturated carbocycles. The van der Waals surface area contributed by atoms with Crippen LogP contribution in [-0.2, 0) is 0 Å². The van der Waals surface area contributed by atoms with Crippen LogP contribution in [0.4, 0.5) is 0 Å². The molecule has 1 amide bonds. The lowest BCUT2D eigenvalue weighted by atomic mass is 10.2. The largest absolute Gasteiger partial charge is 0.507 e. The van der Waals surface area contributed by atoms with Gasteiger partial charge in [0.1, 0.15) is 5.75 Å². The number of benzene rings is 1. The molecule has 0 heterocycles. The molecule has 14 heavy (non-hydrogen) atoms. The fourth-order valence-electron chi connectivity index (χ4n) is 0.917. The lowest BCUT2D eigenvalue weighted by Crippen LogP contribution is -2.24. The fraction of sp³-hybridized carbons (Fsp3) is 0.222. The number of halogens is 2. The Bertz CT molecular complexity index is 342. The van der Waals surface area contributed by atoms with Gasteiger partial charge in [-0.25, -0.2) is 0 Å². The van der Waals surface area contributed by atoms with Crippen LogP contribution in [0.5, 0.6) is 5.75 Å². The van der Waals surface area contributed by atoms with Crippen molar-refractivity contribution in [2.45, 2.75) is 0 Å². The molecule has 0 aliphatic heterocycles. The van der Waals surface area contributed by atoms with E-state index in [1.54, 1.807) is 12.1 Å². The zero-order chi connectivity index (χ0) is 10.6. The third kappa shape index (κ3) is 2.99. The molecular formula is C9H9Br2NO2. The highest BCUT2D eigenvalue weighted by molar-refractivity contribution is 9.10. The van der Waals surface area contributed by atoms with Crippen LogP contribution in [0.3, 0.4) is 0 Å². The van der Waals surface area contributed by atoms with Crippen LogP contribution in [0.25, 0.3) is 0 Å². The van der Waals surface area contributed by atoms with Gasteiger partial charge in [0.05, 0.1) is 4.47 Å². The first-order valence-corrected chi connectivity index (χ1v) is 5.89. The molecular weight excluding hydrogens is 314 g/mol. The number of hydrogen-bond acceptors (Lipinski definition) is 2. The van der Waals surface area contributed by atoms with Gasteiger partial charge < -0.3 is 10.4 Å². The van der Waals surface area contributed by atoms with Crippen LogP contribution in [-0.4, -0.2) is 22.9 Å². The second-order valence-electron chi connectivity index (χ2n) is 2.61. The second kappa shape index (κ2) is 5.36. The number of alkyl halides is 1. The number of hydrogen-bond donors (Lipinski definition) is 2. The summed E-state index contributed by atoms with van der Waals surface area (Å²) in [4.78, 5) is 11.4. The quantitative estimate of drug-likeness (QED) is 0.839. The standard InChI is InChI=1S/C9H9Br2NO2/c10-3-4-12-9(14)6-1-2-7(11)8(13)5-6/h1-2,5,13H,3-4H2,(H,12,14). The molecule has 1 aromatic rings. The number of carbonyl (C=O) groups is 1. The Kier molecular flexibility index (Phi) is 4.41. The van der Waals surface area contributed by atoms with E-state index in [2.05, 4.69) is 37.2 Å². The summed E-state index contributed by atoms with van der Waals surface area (Å²) in [6.45, 7) is 0.565. The zero-order valence-electron chi connectivity index (χ0n) is 7.26. The molecule has 76 valence electrons. The number of phenolic OH excluding ortho intramolecular Hbond substituents is 1.